The molecule has 21 heavy (non-hydrogen) atoms. The molecule has 1 amide bonds. The van der Waals surface area contributed by atoms with E-state index in [9.17, 15) is 4.79 Å². The Bertz CT molecular complexity index is 674. The van der Waals surface area contributed by atoms with E-state index in [2.05, 4.69) is 28.2 Å². The largest absolute Gasteiger partial charge is 0.397 e. The van der Waals surface area contributed by atoms with Gasteiger partial charge in [-0.1, -0.05) is 6.08 Å². The highest BCUT2D eigenvalue weighted by Gasteiger charge is 2.21. The van der Waals surface area contributed by atoms with Crippen molar-refractivity contribution in [2.24, 2.45) is 0 Å². The van der Waals surface area contributed by atoms with Crippen molar-refractivity contribution in [3.05, 3.63) is 45.5 Å². The van der Waals surface area contributed by atoms with Crippen LogP contribution in [-0.2, 0) is 13.0 Å². The van der Waals surface area contributed by atoms with Gasteiger partial charge < -0.3 is 16.0 Å². The number of anilines is 2. The zero-order valence-corrected chi connectivity index (χ0v) is 13.2. The summed E-state index contributed by atoms with van der Waals surface area (Å²) >= 11 is 3.28. The number of nitrogens with zero attached hydrogens (tertiary/aromatic N) is 1. The van der Waals surface area contributed by atoms with Crippen LogP contribution in [-0.4, -0.2) is 19.0 Å². The van der Waals surface area contributed by atoms with Gasteiger partial charge in [-0.3, -0.25) is 4.79 Å². The zero-order chi connectivity index (χ0) is 14.8. The molecule has 1 aliphatic heterocycles. The highest BCUT2D eigenvalue weighted by atomic mass is 32.1. The lowest BCUT2D eigenvalue weighted by molar-refractivity contribution is 0.0963. The normalized spacial score (nSPS) is 13.8. The Morgan fingerprint density at radius 3 is 3.24 bits per heavy atom. The first-order chi connectivity index (χ1) is 10.2. The van der Waals surface area contributed by atoms with Gasteiger partial charge in [-0.15, -0.1) is 29.3 Å². The van der Waals surface area contributed by atoms with Gasteiger partial charge in [-0.05, 0) is 29.5 Å². The molecule has 4 nitrogen and oxygen atoms in total. The molecule has 0 saturated heterocycles. The van der Waals surface area contributed by atoms with Crippen molar-refractivity contribution >= 4 is 39.3 Å². The second kappa shape index (κ2) is 5.91. The Labute approximate surface area is 131 Å². The standard InChI is InChI=1S/C15H17N3OS2/c1-2-5-17-15(19)14-11(16)8-13(21-14)18-6-3-12-10(9-18)4-7-20-12/h2,4,7-8H,1,3,5-6,9,16H2,(H,17,19). The molecule has 0 fully saturated rings. The summed E-state index contributed by atoms with van der Waals surface area (Å²) in [5, 5.41) is 5.98. The summed E-state index contributed by atoms with van der Waals surface area (Å²) in [5.74, 6) is -0.128. The fourth-order valence-electron chi connectivity index (χ4n) is 2.41. The molecule has 1 aliphatic rings. The Balaban J connectivity index is 1.78. The first-order valence-corrected chi connectivity index (χ1v) is 8.47. The van der Waals surface area contributed by atoms with Gasteiger partial charge in [0.05, 0.1) is 10.7 Å². The van der Waals surface area contributed by atoms with Gasteiger partial charge in [0.1, 0.15) is 4.88 Å². The minimum Gasteiger partial charge on any atom is -0.397 e. The number of carbonyl (C=O) groups excluding carboxylic acids is 1. The summed E-state index contributed by atoms with van der Waals surface area (Å²) in [6.07, 6.45) is 2.72. The maximum absolute atomic E-state index is 12.0. The maximum Gasteiger partial charge on any atom is 0.263 e. The van der Waals surface area contributed by atoms with Crippen molar-refractivity contribution < 1.29 is 4.79 Å². The molecule has 2 aromatic heterocycles. The van der Waals surface area contributed by atoms with Crippen molar-refractivity contribution in [3.8, 4) is 0 Å². The number of fused-ring (bicyclic) bond motifs is 1. The summed E-state index contributed by atoms with van der Waals surface area (Å²) in [6.45, 7) is 5.91. The zero-order valence-electron chi connectivity index (χ0n) is 11.6. The summed E-state index contributed by atoms with van der Waals surface area (Å²) in [5.41, 5.74) is 7.93. The van der Waals surface area contributed by atoms with E-state index in [0.29, 0.717) is 17.1 Å². The monoisotopic (exact) mass is 319 g/mol. The minimum absolute atomic E-state index is 0.128. The fraction of sp³-hybridized carbons (Fsp3) is 0.267. The van der Waals surface area contributed by atoms with Crippen molar-refractivity contribution in [2.45, 2.75) is 13.0 Å². The molecule has 2 aromatic rings. The van der Waals surface area contributed by atoms with Crippen LogP contribution in [0.2, 0.25) is 0 Å². The topological polar surface area (TPSA) is 58.4 Å². The van der Waals surface area contributed by atoms with Gasteiger partial charge in [-0.25, -0.2) is 0 Å². The molecule has 0 saturated carbocycles. The number of hydrogen-bond donors (Lipinski definition) is 2. The highest BCUT2D eigenvalue weighted by molar-refractivity contribution is 7.18. The van der Waals surface area contributed by atoms with Gasteiger partial charge in [0, 0.05) is 24.5 Å². The number of nitrogens with two attached hydrogens (primary N) is 1. The van der Waals surface area contributed by atoms with E-state index in [1.54, 1.807) is 6.08 Å². The van der Waals surface area contributed by atoms with E-state index < -0.39 is 0 Å². The van der Waals surface area contributed by atoms with Crippen LogP contribution in [0.25, 0.3) is 0 Å². The molecule has 6 heteroatoms. The van der Waals surface area contributed by atoms with E-state index in [-0.39, 0.29) is 5.91 Å². The number of rotatable bonds is 4. The Hall–Kier alpha value is -1.79. The van der Waals surface area contributed by atoms with Crippen LogP contribution in [0, 0.1) is 0 Å². The number of hydrogen-bond acceptors (Lipinski definition) is 5. The smallest absolute Gasteiger partial charge is 0.263 e. The average molecular weight is 319 g/mol. The van der Waals surface area contributed by atoms with Crippen molar-refractivity contribution in [2.75, 3.05) is 23.7 Å². The van der Waals surface area contributed by atoms with Crippen molar-refractivity contribution in [1.29, 1.82) is 0 Å². The van der Waals surface area contributed by atoms with Crippen LogP contribution < -0.4 is 16.0 Å². The molecule has 3 rings (SSSR count). The van der Waals surface area contributed by atoms with Crippen LogP contribution in [0.15, 0.2) is 30.2 Å². The molecule has 0 aromatic carbocycles. The first kappa shape index (κ1) is 14.2. The van der Waals surface area contributed by atoms with E-state index in [0.717, 1.165) is 24.5 Å². The molecule has 110 valence electrons. The van der Waals surface area contributed by atoms with Gasteiger partial charge in [-0.2, -0.15) is 0 Å². The molecule has 0 unspecified atom stereocenters. The second-order valence-corrected chi connectivity index (χ2v) is 6.94. The third-order valence-corrected chi connectivity index (χ3v) is 5.71. The Morgan fingerprint density at radius 1 is 1.57 bits per heavy atom. The quantitative estimate of drug-likeness (QED) is 0.852. The minimum atomic E-state index is -0.128. The molecule has 3 N–H and O–H groups in total. The molecule has 0 atom stereocenters. The predicted molar refractivity (Wildman–Crippen MR) is 90.3 cm³/mol. The predicted octanol–water partition coefficient (Wildman–Crippen LogP) is 2.87. The Morgan fingerprint density at radius 2 is 2.43 bits per heavy atom. The Kier molecular flexibility index (Phi) is 3.98. The average Bonchev–Trinajstić information content (AvgIpc) is 3.10. The third kappa shape index (κ3) is 2.82. The van der Waals surface area contributed by atoms with Crippen LogP contribution >= 0.6 is 22.7 Å². The summed E-state index contributed by atoms with van der Waals surface area (Å²) < 4.78 is 0. The molecule has 0 aliphatic carbocycles. The summed E-state index contributed by atoms with van der Waals surface area (Å²) in [7, 11) is 0. The number of carbonyl (C=O) groups is 1. The van der Waals surface area contributed by atoms with Crippen LogP contribution in [0.5, 0.6) is 0 Å². The lowest BCUT2D eigenvalue weighted by Crippen LogP contribution is -2.28. The highest BCUT2D eigenvalue weighted by Crippen LogP contribution is 2.35. The number of nitrogens with one attached hydrogen (secondary N) is 1. The molecule has 0 bridgehead atoms. The molecule has 3 heterocycles. The van der Waals surface area contributed by atoms with E-state index in [1.165, 1.54) is 21.8 Å². The SMILES string of the molecule is C=CCNC(=O)c1sc(N2CCc3sccc3C2)cc1N. The first-order valence-electron chi connectivity index (χ1n) is 6.77. The van der Waals surface area contributed by atoms with Crippen LogP contribution in [0.4, 0.5) is 10.7 Å². The fourth-order valence-corrected chi connectivity index (χ4v) is 4.32. The van der Waals surface area contributed by atoms with E-state index in [1.807, 2.05) is 17.4 Å². The number of nitrogen functional groups attached to an aromatic ring is 1. The van der Waals surface area contributed by atoms with Gasteiger partial charge >= 0.3 is 0 Å². The van der Waals surface area contributed by atoms with Crippen molar-refractivity contribution in [3.63, 3.8) is 0 Å². The van der Waals surface area contributed by atoms with E-state index >= 15 is 0 Å². The van der Waals surface area contributed by atoms with Crippen LogP contribution in [0.3, 0.4) is 0 Å². The van der Waals surface area contributed by atoms with Gasteiger partial charge in [0.25, 0.3) is 5.91 Å². The van der Waals surface area contributed by atoms with Crippen molar-refractivity contribution in [1.82, 2.24) is 5.32 Å². The van der Waals surface area contributed by atoms with Crippen LogP contribution in [0.1, 0.15) is 20.1 Å². The maximum atomic E-state index is 12.0. The van der Waals surface area contributed by atoms with E-state index in [4.69, 9.17) is 5.73 Å². The van der Waals surface area contributed by atoms with Gasteiger partial charge in [0.2, 0.25) is 0 Å². The lowest BCUT2D eigenvalue weighted by Gasteiger charge is -2.27. The summed E-state index contributed by atoms with van der Waals surface area (Å²) in [6, 6.07) is 4.09. The number of thiophene rings is 2. The number of amides is 1. The molecule has 0 spiro atoms. The molecular weight excluding hydrogens is 302 g/mol. The lowest BCUT2D eigenvalue weighted by atomic mass is 10.1. The van der Waals surface area contributed by atoms with Gasteiger partial charge in [0.15, 0.2) is 0 Å². The summed E-state index contributed by atoms with van der Waals surface area (Å²) in [4.78, 5) is 16.4. The molecule has 0 radical (unpaired) electrons. The second-order valence-electron chi connectivity index (χ2n) is 4.91. The third-order valence-electron chi connectivity index (χ3n) is 3.48. The molecular formula is C15H17N3OS2.